The van der Waals surface area contributed by atoms with E-state index in [2.05, 4.69) is 0 Å². The summed E-state index contributed by atoms with van der Waals surface area (Å²) >= 11 is 6.10. The van der Waals surface area contributed by atoms with Crippen LogP contribution in [0.3, 0.4) is 0 Å². The predicted molar refractivity (Wildman–Crippen MR) is 68.5 cm³/mol. The maximum Gasteiger partial charge on any atom is 0.179 e. The Morgan fingerprint density at radius 2 is 2.06 bits per heavy atom. The number of fused-ring (bicyclic) bond motifs is 1. The molecule has 0 bridgehead atoms. The summed E-state index contributed by atoms with van der Waals surface area (Å²) in [5.41, 5.74) is 0.671. The molecule has 0 saturated heterocycles. The van der Waals surface area contributed by atoms with E-state index < -0.39 is 6.10 Å². The molecule has 100 valence electrons. The molecule has 1 aromatic carbocycles. The van der Waals surface area contributed by atoms with Gasteiger partial charge in [0.1, 0.15) is 19.3 Å². The lowest BCUT2D eigenvalue weighted by molar-refractivity contribution is 0.00476. The van der Waals surface area contributed by atoms with Crippen LogP contribution in [0.5, 0.6) is 11.5 Å². The van der Waals surface area contributed by atoms with Gasteiger partial charge in [-0.1, -0.05) is 11.6 Å². The first kappa shape index (κ1) is 13.5. The molecule has 0 saturated carbocycles. The molecule has 0 amide bonds. The molecule has 1 aliphatic heterocycles. The van der Waals surface area contributed by atoms with Crippen molar-refractivity contribution in [2.75, 3.05) is 19.8 Å². The molecule has 1 unspecified atom stereocenters. The van der Waals surface area contributed by atoms with Crippen molar-refractivity contribution in [2.45, 2.75) is 26.1 Å². The van der Waals surface area contributed by atoms with E-state index in [0.29, 0.717) is 35.3 Å². The summed E-state index contributed by atoms with van der Waals surface area (Å²) in [7, 11) is 0. The molecular formula is C13H17ClO4. The average molecular weight is 273 g/mol. The topological polar surface area (TPSA) is 47.9 Å². The summed E-state index contributed by atoms with van der Waals surface area (Å²) in [6.07, 6.45) is -0.645. The summed E-state index contributed by atoms with van der Waals surface area (Å²) in [5.74, 6) is 1.12. The van der Waals surface area contributed by atoms with Gasteiger partial charge in [0.15, 0.2) is 11.5 Å². The Morgan fingerprint density at radius 3 is 2.78 bits per heavy atom. The molecule has 0 aromatic heterocycles. The summed E-state index contributed by atoms with van der Waals surface area (Å²) in [6.45, 7) is 5.05. The van der Waals surface area contributed by atoms with E-state index in [9.17, 15) is 5.11 Å². The molecule has 2 rings (SSSR count). The highest BCUT2D eigenvalue weighted by atomic mass is 35.5. The van der Waals surface area contributed by atoms with E-state index in [4.69, 9.17) is 25.8 Å². The van der Waals surface area contributed by atoms with Gasteiger partial charge in [-0.15, -0.1) is 0 Å². The van der Waals surface area contributed by atoms with Crippen LogP contribution in [0.1, 0.15) is 25.5 Å². The number of halogens is 1. The second kappa shape index (κ2) is 5.78. The van der Waals surface area contributed by atoms with Crippen LogP contribution in [0.2, 0.25) is 5.02 Å². The summed E-state index contributed by atoms with van der Waals surface area (Å²) in [6, 6.07) is 3.43. The van der Waals surface area contributed by atoms with Crippen molar-refractivity contribution in [2.24, 2.45) is 0 Å². The van der Waals surface area contributed by atoms with Crippen LogP contribution >= 0.6 is 11.6 Å². The molecule has 1 N–H and O–H groups in total. The van der Waals surface area contributed by atoms with Crippen LogP contribution in [0, 0.1) is 0 Å². The highest BCUT2D eigenvalue weighted by Crippen LogP contribution is 2.39. The normalized spacial score (nSPS) is 15.8. The largest absolute Gasteiger partial charge is 0.486 e. The first-order valence-corrected chi connectivity index (χ1v) is 6.34. The molecule has 1 heterocycles. The zero-order valence-corrected chi connectivity index (χ0v) is 11.2. The molecule has 4 nitrogen and oxygen atoms in total. The fourth-order valence-electron chi connectivity index (χ4n) is 1.70. The van der Waals surface area contributed by atoms with Crippen LogP contribution in [-0.4, -0.2) is 31.0 Å². The first-order chi connectivity index (χ1) is 8.58. The minimum atomic E-state index is -0.722. The molecule has 5 heteroatoms. The van der Waals surface area contributed by atoms with Crippen LogP contribution < -0.4 is 9.47 Å². The van der Waals surface area contributed by atoms with Crippen molar-refractivity contribution in [1.29, 1.82) is 0 Å². The Morgan fingerprint density at radius 1 is 1.33 bits per heavy atom. The second-order valence-corrected chi connectivity index (χ2v) is 4.83. The van der Waals surface area contributed by atoms with Crippen molar-refractivity contribution in [1.82, 2.24) is 0 Å². The van der Waals surface area contributed by atoms with Gasteiger partial charge >= 0.3 is 0 Å². The maximum absolute atomic E-state index is 10.0. The van der Waals surface area contributed by atoms with Crippen molar-refractivity contribution in [3.05, 3.63) is 22.7 Å². The molecule has 0 aliphatic carbocycles. The lowest BCUT2D eigenvalue weighted by Gasteiger charge is -2.21. The van der Waals surface area contributed by atoms with Crippen molar-refractivity contribution >= 4 is 11.6 Å². The summed E-state index contributed by atoms with van der Waals surface area (Å²) in [4.78, 5) is 0. The zero-order valence-electron chi connectivity index (χ0n) is 10.5. The highest BCUT2D eigenvalue weighted by molar-refractivity contribution is 6.32. The van der Waals surface area contributed by atoms with Gasteiger partial charge in [0.25, 0.3) is 0 Å². The minimum absolute atomic E-state index is 0.0762. The quantitative estimate of drug-likeness (QED) is 0.915. The number of aliphatic hydroxyl groups excluding tert-OH is 1. The van der Waals surface area contributed by atoms with Crippen LogP contribution in [0.25, 0.3) is 0 Å². The lowest BCUT2D eigenvalue weighted by Crippen LogP contribution is -2.17. The van der Waals surface area contributed by atoms with E-state index in [1.54, 1.807) is 12.1 Å². The van der Waals surface area contributed by atoms with Crippen LogP contribution in [0.15, 0.2) is 12.1 Å². The fourth-order valence-corrected chi connectivity index (χ4v) is 1.98. The van der Waals surface area contributed by atoms with Gasteiger partial charge in [-0.05, 0) is 31.5 Å². The van der Waals surface area contributed by atoms with E-state index in [0.717, 1.165) is 0 Å². The molecule has 1 aliphatic rings. The standard InChI is InChI=1S/C13H17ClO4/c1-8(2)18-7-11(15)9-5-10(14)13-12(6-9)16-3-4-17-13/h5-6,8,11,15H,3-4,7H2,1-2H3. The van der Waals surface area contributed by atoms with Gasteiger partial charge in [0.05, 0.1) is 17.7 Å². The first-order valence-electron chi connectivity index (χ1n) is 5.96. The molecule has 0 spiro atoms. The monoisotopic (exact) mass is 272 g/mol. The minimum Gasteiger partial charge on any atom is -0.486 e. The predicted octanol–water partition coefficient (Wildman–Crippen LogP) is 2.57. The molecular weight excluding hydrogens is 256 g/mol. The molecule has 1 atom stereocenters. The lowest BCUT2D eigenvalue weighted by atomic mass is 10.1. The molecule has 18 heavy (non-hydrogen) atoms. The Kier molecular flexibility index (Phi) is 4.32. The third kappa shape index (κ3) is 3.07. The second-order valence-electron chi connectivity index (χ2n) is 4.42. The smallest absolute Gasteiger partial charge is 0.179 e. The van der Waals surface area contributed by atoms with Crippen molar-refractivity contribution in [3.8, 4) is 11.5 Å². The van der Waals surface area contributed by atoms with Gasteiger partial charge in [0, 0.05) is 0 Å². The highest BCUT2D eigenvalue weighted by Gasteiger charge is 2.19. The maximum atomic E-state index is 10.0. The van der Waals surface area contributed by atoms with Gasteiger partial charge in [-0.25, -0.2) is 0 Å². The molecule has 0 fully saturated rings. The molecule has 0 radical (unpaired) electrons. The van der Waals surface area contributed by atoms with Gasteiger partial charge < -0.3 is 19.3 Å². The average Bonchev–Trinajstić information content (AvgIpc) is 2.36. The van der Waals surface area contributed by atoms with Gasteiger partial charge in [-0.2, -0.15) is 0 Å². The number of rotatable bonds is 4. The van der Waals surface area contributed by atoms with Crippen molar-refractivity contribution < 1.29 is 19.3 Å². The fraction of sp³-hybridized carbons (Fsp3) is 0.538. The van der Waals surface area contributed by atoms with E-state index >= 15 is 0 Å². The summed E-state index contributed by atoms with van der Waals surface area (Å²) < 4.78 is 16.3. The van der Waals surface area contributed by atoms with Crippen LogP contribution in [-0.2, 0) is 4.74 Å². The van der Waals surface area contributed by atoms with Gasteiger partial charge in [0.2, 0.25) is 0 Å². The van der Waals surface area contributed by atoms with E-state index in [1.807, 2.05) is 13.8 Å². The van der Waals surface area contributed by atoms with Crippen molar-refractivity contribution in [3.63, 3.8) is 0 Å². The Balaban J connectivity index is 2.16. The number of hydrogen-bond donors (Lipinski definition) is 1. The number of benzene rings is 1. The van der Waals surface area contributed by atoms with Crippen LogP contribution in [0.4, 0.5) is 0 Å². The zero-order chi connectivity index (χ0) is 13.1. The Hall–Kier alpha value is -0.970. The Labute approximate surface area is 111 Å². The third-order valence-electron chi connectivity index (χ3n) is 2.59. The van der Waals surface area contributed by atoms with E-state index in [-0.39, 0.29) is 12.7 Å². The SMILES string of the molecule is CC(C)OCC(O)c1cc(Cl)c2c(c1)OCCO2. The van der Waals surface area contributed by atoms with Gasteiger partial charge in [-0.3, -0.25) is 0 Å². The molecule has 1 aromatic rings. The number of ether oxygens (including phenoxy) is 3. The Bertz CT molecular complexity index is 420. The van der Waals surface area contributed by atoms with E-state index in [1.165, 1.54) is 0 Å². The number of hydrogen-bond acceptors (Lipinski definition) is 4. The third-order valence-corrected chi connectivity index (χ3v) is 2.87. The summed E-state index contributed by atoms with van der Waals surface area (Å²) in [5, 5.41) is 10.5. The number of aliphatic hydroxyl groups is 1.